The third-order valence-electron chi connectivity index (χ3n) is 5.93. The SMILES string of the molecule is COc1c(-c2ccccc2)cc(-n2c(=O)cc[nH]c2=O)cc1-c1ccc2cc(NS(C)(=O)=O)ccc2c1. The van der Waals surface area contributed by atoms with Crippen molar-refractivity contribution in [3.63, 3.8) is 0 Å². The van der Waals surface area contributed by atoms with Crippen molar-refractivity contribution in [3.05, 3.63) is 112 Å². The average Bonchev–Trinajstić information content (AvgIpc) is 2.87. The predicted octanol–water partition coefficient (Wildman–Crippen LogP) is 4.39. The van der Waals surface area contributed by atoms with Crippen LogP contribution in [-0.2, 0) is 10.0 Å². The maximum atomic E-state index is 12.7. The number of sulfonamides is 1. The first kappa shape index (κ1) is 24.1. The molecule has 1 heterocycles. The van der Waals surface area contributed by atoms with Crippen molar-refractivity contribution in [2.24, 2.45) is 0 Å². The summed E-state index contributed by atoms with van der Waals surface area (Å²) in [6, 6.07) is 25.4. The van der Waals surface area contributed by atoms with E-state index in [0.29, 0.717) is 22.7 Å². The molecule has 9 heteroatoms. The average molecular weight is 514 g/mol. The maximum Gasteiger partial charge on any atom is 0.332 e. The van der Waals surface area contributed by atoms with E-state index < -0.39 is 21.3 Å². The Kier molecular flexibility index (Phi) is 6.14. The van der Waals surface area contributed by atoms with E-state index in [-0.39, 0.29) is 0 Å². The molecule has 5 aromatic rings. The molecule has 4 aromatic carbocycles. The first-order valence-corrected chi connectivity index (χ1v) is 13.2. The molecule has 2 N–H and O–H groups in total. The summed E-state index contributed by atoms with van der Waals surface area (Å²) >= 11 is 0. The number of nitrogens with one attached hydrogen (secondary N) is 2. The van der Waals surface area contributed by atoms with Gasteiger partial charge in [0.2, 0.25) is 10.0 Å². The number of benzene rings is 4. The Morgan fingerprint density at radius 2 is 1.49 bits per heavy atom. The Morgan fingerprint density at radius 1 is 0.811 bits per heavy atom. The molecule has 1 aromatic heterocycles. The zero-order valence-electron chi connectivity index (χ0n) is 20.1. The van der Waals surface area contributed by atoms with Gasteiger partial charge in [-0.3, -0.25) is 9.52 Å². The van der Waals surface area contributed by atoms with Crippen molar-refractivity contribution in [3.8, 4) is 33.7 Å². The van der Waals surface area contributed by atoms with Gasteiger partial charge in [-0.2, -0.15) is 0 Å². The molecule has 0 spiro atoms. The number of aromatic nitrogens is 2. The summed E-state index contributed by atoms with van der Waals surface area (Å²) in [5.74, 6) is 0.588. The van der Waals surface area contributed by atoms with Gasteiger partial charge in [-0.15, -0.1) is 0 Å². The molecular weight excluding hydrogens is 490 g/mol. The second kappa shape index (κ2) is 9.44. The molecular formula is C28H23N3O5S. The molecule has 0 fully saturated rings. The molecule has 0 aliphatic rings. The van der Waals surface area contributed by atoms with E-state index in [4.69, 9.17) is 4.74 Å². The molecule has 37 heavy (non-hydrogen) atoms. The molecule has 0 saturated heterocycles. The summed E-state index contributed by atoms with van der Waals surface area (Å²) in [4.78, 5) is 27.8. The van der Waals surface area contributed by atoms with Crippen LogP contribution in [0.15, 0.2) is 101 Å². The standard InChI is InChI=1S/C28H23N3O5S/c1-36-27-24(18-6-4-3-5-7-18)16-23(31-26(32)12-13-29-28(31)33)17-25(27)21-9-8-20-15-22(30-37(2,34)35)11-10-19(20)14-21/h3-17,30H,1-2H3,(H,29,33). The Labute approximate surface area is 212 Å². The zero-order chi connectivity index (χ0) is 26.2. The van der Waals surface area contributed by atoms with Crippen molar-refractivity contribution in [1.29, 1.82) is 0 Å². The van der Waals surface area contributed by atoms with Gasteiger partial charge in [0.1, 0.15) is 5.75 Å². The predicted molar refractivity (Wildman–Crippen MR) is 146 cm³/mol. The monoisotopic (exact) mass is 513 g/mol. The highest BCUT2D eigenvalue weighted by Gasteiger charge is 2.18. The van der Waals surface area contributed by atoms with Gasteiger partial charge < -0.3 is 9.72 Å². The summed E-state index contributed by atoms with van der Waals surface area (Å²) in [6.07, 6.45) is 2.42. The van der Waals surface area contributed by atoms with Gasteiger partial charge in [-0.25, -0.2) is 17.8 Å². The second-order valence-electron chi connectivity index (χ2n) is 8.55. The Morgan fingerprint density at radius 3 is 2.16 bits per heavy atom. The van der Waals surface area contributed by atoms with E-state index in [2.05, 4.69) is 9.71 Å². The van der Waals surface area contributed by atoms with Crippen LogP contribution in [-0.4, -0.2) is 31.3 Å². The molecule has 0 aliphatic heterocycles. The fraction of sp³-hybridized carbons (Fsp3) is 0.0714. The Hall–Kier alpha value is -4.63. The van der Waals surface area contributed by atoms with Crippen molar-refractivity contribution in [2.45, 2.75) is 0 Å². The highest BCUT2D eigenvalue weighted by molar-refractivity contribution is 7.92. The Balaban J connectivity index is 1.75. The van der Waals surface area contributed by atoms with E-state index in [0.717, 1.165) is 38.3 Å². The molecule has 0 amide bonds. The minimum absolute atomic E-state index is 0.398. The zero-order valence-corrected chi connectivity index (χ0v) is 20.9. The summed E-state index contributed by atoms with van der Waals surface area (Å²) < 4.78 is 32.7. The van der Waals surface area contributed by atoms with Crippen LogP contribution in [0.1, 0.15) is 0 Å². The van der Waals surface area contributed by atoms with E-state index >= 15 is 0 Å². The van der Waals surface area contributed by atoms with Crippen LogP contribution in [0.25, 0.3) is 38.7 Å². The minimum Gasteiger partial charge on any atom is -0.495 e. The highest BCUT2D eigenvalue weighted by atomic mass is 32.2. The number of nitrogens with zero attached hydrogens (tertiary/aromatic N) is 1. The number of hydrogen-bond acceptors (Lipinski definition) is 5. The third kappa shape index (κ3) is 4.89. The number of methoxy groups -OCH3 is 1. The molecule has 0 bridgehead atoms. The molecule has 0 unspecified atom stereocenters. The summed E-state index contributed by atoms with van der Waals surface area (Å²) in [5, 5.41) is 1.71. The van der Waals surface area contributed by atoms with Crippen LogP contribution in [0.2, 0.25) is 0 Å². The number of fused-ring (bicyclic) bond motifs is 1. The quantitative estimate of drug-likeness (QED) is 0.350. The van der Waals surface area contributed by atoms with E-state index in [1.165, 1.54) is 12.3 Å². The largest absolute Gasteiger partial charge is 0.495 e. The van der Waals surface area contributed by atoms with Crippen LogP contribution in [0.3, 0.4) is 0 Å². The van der Waals surface area contributed by atoms with E-state index in [1.54, 1.807) is 31.4 Å². The van der Waals surface area contributed by atoms with Crippen LogP contribution in [0.4, 0.5) is 5.69 Å². The van der Waals surface area contributed by atoms with Gasteiger partial charge in [0.05, 0.1) is 19.1 Å². The fourth-order valence-corrected chi connectivity index (χ4v) is 4.92. The van der Waals surface area contributed by atoms with E-state index in [9.17, 15) is 18.0 Å². The van der Waals surface area contributed by atoms with Crippen LogP contribution < -0.4 is 20.7 Å². The molecule has 186 valence electrons. The van der Waals surface area contributed by atoms with Crippen molar-refractivity contribution < 1.29 is 13.2 Å². The van der Waals surface area contributed by atoms with Gasteiger partial charge >= 0.3 is 5.69 Å². The van der Waals surface area contributed by atoms with Gasteiger partial charge in [-0.1, -0.05) is 48.5 Å². The second-order valence-corrected chi connectivity index (χ2v) is 10.3. The fourth-order valence-electron chi connectivity index (χ4n) is 4.37. The molecule has 8 nitrogen and oxygen atoms in total. The molecule has 0 radical (unpaired) electrons. The summed E-state index contributed by atoms with van der Waals surface area (Å²) in [6.45, 7) is 0. The minimum atomic E-state index is -3.40. The topological polar surface area (TPSA) is 110 Å². The number of rotatable bonds is 6. The highest BCUT2D eigenvalue weighted by Crippen LogP contribution is 2.41. The lowest BCUT2D eigenvalue weighted by Gasteiger charge is -2.18. The Bertz CT molecular complexity index is 1830. The van der Waals surface area contributed by atoms with Gasteiger partial charge in [0.25, 0.3) is 5.56 Å². The lowest BCUT2D eigenvalue weighted by molar-refractivity contribution is 0.418. The van der Waals surface area contributed by atoms with E-state index in [1.807, 2.05) is 54.6 Å². The van der Waals surface area contributed by atoms with Crippen molar-refractivity contribution in [1.82, 2.24) is 9.55 Å². The normalized spacial score (nSPS) is 11.4. The van der Waals surface area contributed by atoms with Gasteiger partial charge in [0.15, 0.2) is 0 Å². The molecule has 5 rings (SSSR count). The molecule has 0 aliphatic carbocycles. The van der Waals surface area contributed by atoms with Crippen molar-refractivity contribution >= 4 is 26.5 Å². The first-order valence-electron chi connectivity index (χ1n) is 11.3. The number of ether oxygens (including phenoxy) is 1. The molecule has 0 atom stereocenters. The number of hydrogen-bond donors (Lipinski definition) is 2. The van der Waals surface area contributed by atoms with Gasteiger partial charge in [-0.05, 0) is 52.2 Å². The first-order chi connectivity index (χ1) is 17.7. The number of anilines is 1. The molecule has 0 saturated carbocycles. The number of aromatic amines is 1. The lowest BCUT2D eigenvalue weighted by Crippen LogP contribution is -2.32. The van der Waals surface area contributed by atoms with Crippen LogP contribution in [0.5, 0.6) is 5.75 Å². The maximum absolute atomic E-state index is 12.7. The smallest absolute Gasteiger partial charge is 0.332 e. The summed E-state index contributed by atoms with van der Waals surface area (Å²) in [7, 11) is -1.82. The van der Waals surface area contributed by atoms with Crippen LogP contribution in [0, 0.1) is 0 Å². The van der Waals surface area contributed by atoms with Crippen molar-refractivity contribution in [2.75, 3.05) is 18.1 Å². The van der Waals surface area contributed by atoms with Crippen LogP contribution >= 0.6 is 0 Å². The van der Waals surface area contributed by atoms with Gasteiger partial charge in [0, 0.05) is 29.1 Å². The third-order valence-corrected chi connectivity index (χ3v) is 6.54. The lowest BCUT2D eigenvalue weighted by atomic mass is 9.94. The summed E-state index contributed by atoms with van der Waals surface area (Å²) in [5.41, 5.74) is 2.93. The number of H-pyrrole nitrogens is 1.